The summed E-state index contributed by atoms with van der Waals surface area (Å²) in [5.74, 6) is 0.906. The lowest BCUT2D eigenvalue weighted by Crippen LogP contribution is -2.45. The molecule has 11 heavy (non-hydrogen) atoms. The van der Waals surface area contributed by atoms with Gasteiger partial charge in [-0.25, -0.2) is 0 Å². The molecule has 3 heteroatoms. The number of nitrogens with two attached hydrogens (primary N) is 1. The van der Waals surface area contributed by atoms with E-state index in [1.54, 1.807) is 0 Å². The Kier molecular flexibility index (Phi) is 2.73. The van der Waals surface area contributed by atoms with Crippen LogP contribution in [0.4, 0.5) is 0 Å². The van der Waals surface area contributed by atoms with E-state index in [4.69, 9.17) is 5.73 Å². The fourth-order valence-electron chi connectivity index (χ4n) is 2.22. The minimum absolute atomic E-state index is 0.823. The van der Waals surface area contributed by atoms with Crippen molar-refractivity contribution in [1.29, 1.82) is 0 Å². The van der Waals surface area contributed by atoms with E-state index in [1.165, 1.54) is 12.6 Å². The highest BCUT2D eigenvalue weighted by molar-refractivity contribution is 6.75. The molecule has 1 saturated heterocycles. The summed E-state index contributed by atoms with van der Waals surface area (Å²) in [6.45, 7) is 10.5. The zero-order chi connectivity index (χ0) is 8.48. The molecule has 0 aromatic rings. The Hall–Kier alpha value is 0.137. The highest BCUT2D eigenvalue weighted by atomic mass is 28.3. The summed E-state index contributed by atoms with van der Waals surface area (Å²) in [6, 6.07) is 1.45. The van der Waals surface area contributed by atoms with Gasteiger partial charge < -0.3 is 10.3 Å². The SMILES string of the molecule is C[C@H]1CN(CCN)[Si](C)(C)C1. The van der Waals surface area contributed by atoms with Crippen LogP contribution in [0.15, 0.2) is 0 Å². The summed E-state index contributed by atoms with van der Waals surface area (Å²) in [5.41, 5.74) is 5.56. The Morgan fingerprint density at radius 1 is 1.55 bits per heavy atom. The van der Waals surface area contributed by atoms with Gasteiger partial charge in [0.05, 0.1) is 0 Å². The standard InChI is InChI=1S/C8H20N2Si/c1-8-6-10(5-4-9)11(2,3)7-8/h8H,4-7,9H2,1-3H3/t8-/m0/s1. The summed E-state index contributed by atoms with van der Waals surface area (Å²) in [7, 11) is -1.00. The molecule has 1 atom stereocenters. The van der Waals surface area contributed by atoms with E-state index in [0.29, 0.717) is 0 Å². The molecule has 0 radical (unpaired) electrons. The van der Waals surface area contributed by atoms with Crippen molar-refractivity contribution in [3.63, 3.8) is 0 Å². The van der Waals surface area contributed by atoms with Crippen LogP contribution in [-0.2, 0) is 0 Å². The Morgan fingerprint density at radius 2 is 2.18 bits per heavy atom. The van der Waals surface area contributed by atoms with E-state index in [0.717, 1.165) is 19.0 Å². The quantitative estimate of drug-likeness (QED) is 0.632. The third-order valence-electron chi connectivity index (χ3n) is 2.64. The van der Waals surface area contributed by atoms with Gasteiger partial charge in [0.15, 0.2) is 0 Å². The maximum atomic E-state index is 5.56. The molecule has 0 saturated carbocycles. The maximum Gasteiger partial charge on any atom is 0.122 e. The summed E-state index contributed by atoms with van der Waals surface area (Å²) in [4.78, 5) is 0. The molecule has 0 spiro atoms. The van der Waals surface area contributed by atoms with Crippen LogP contribution in [0.3, 0.4) is 0 Å². The Bertz CT molecular complexity index is 136. The van der Waals surface area contributed by atoms with Gasteiger partial charge in [-0.05, 0) is 18.5 Å². The van der Waals surface area contributed by atoms with E-state index in [1.807, 2.05) is 0 Å². The summed E-state index contributed by atoms with van der Waals surface area (Å²) < 4.78 is 2.64. The Labute approximate surface area is 70.8 Å². The predicted molar refractivity (Wildman–Crippen MR) is 52.1 cm³/mol. The van der Waals surface area contributed by atoms with E-state index in [2.05, 4.69) is 24.6 Å². The van der Waals surface area contributed by atoms with Gasteiger partial charge >= 0.3 is 0 Å². The number of rotatable bonds is 2. The predicted octanol–water partition coefficient (Wildman–Crippen LogP) is 1.10. The highest BCUT2D eigenvalue weighted by Crippen LogP contribution is 2.29. The molecule has 0 aromatic heterocycles. The van der Waals surface area contributed by atoms with Crippen molar-refractivity contribution in [2.45, 2.75) is 26.1 Å². The average Bonchev–Trinajstić information content (AvgIpc) is 2.07. The van der Waals surface area contributed by atoms with Crippen LogP contribution in [-0.4, -0.2) is 32.4 Å². The van der Waals surface area contributed by atoms with Crippen LogP contribution < -0.4 is 5.73 Å². The van der Waals surface area contributed by atoms with Crippen molar-refractivity contribution >= 4 is 8.24 Å². The third kappa shape index (κ3) is 2.04. The lowest BCUT2D eigenvalue weighted by molar-refractivity contribution is 0.426. The fourth-order valence-corrected chi connectivity index (χ4v) is 5.85. The average molecular weight is 172 g/mol. The van der Waals surface area contributed by atoms with Gasteiger partial charge in [0.2, 0.25) is 0 Å². The summed E-state index contributed by atoms with van der Waals surface area (Å²) in [6.07, 6.45) is 0. The van der Waals surface area contributed by atoms with Gasteiger partial charge in [-0.1, -0.05) is 20.0 Å². The molecule has 0 aliphatic carbocycles. The van der Waals surface area contributed by atoms with Crippen LogP contribution in [0.2, 0.25) is 19.1 Å². The van der Waals surface area contributed by atoms with Crippen LogP contribution in [0.1, 0.15) is 6.92 Å². The molecule has 0 unspecified atom stereocenters. The second-order valence-electron chi connectivity index (χ2n) is 4.36. The van der Waals surface area contributed by atoms with Crippen molar-refractivity contribution in [2.75, 3.05) is 19.6 Å². The largest absolute Gasteiger partial charge is 0.329 e. The van der Waals surface area contributed by atoms with Crippen molar-refractivity contribution in [3.05, 3.63) is 0 Å². The second kappa shape index (κ2) is 3.25. The molecule has 66 valence electrons. The fraction of sp³-hybridized carbons (Fsp3) is 1.00. The van der Waals surface area contributed by atoms with Crippen LogP contribution >= 0.6 is 0 Å². The maximum absolute atomic E-state index is 5.56. The zero-order valence-electron chi connectivity index (χ0n) is 7.93. The van der Waals surface area contributed by atoms with Crippen LogP contribution in [0.25, 0.3) is 0 Å². The number of hydrogen-bond acceptors (Lipinski definition) is 2. The van der Waals surface area contributed by atoms with Gasteiger partial charge in [-0.3, -0.25) is 0 Å². The molecule has 0 aromatic carbocycles. The molecular weight excluding hydrogens is 152 g/mol. The number of nitrogens with zero attached hydrogens (tertiary/aromatic N) is 1. The molecule has 1 heterocycles. The molecular formula is C8H20N2Si. The lowest BCUT2D eigenvalue weighted by atomic mass is 10.2. The van der Waals surface area contributed by atoms with Gasteiger partial charge in [-0.15, -0.1) is 0 Å². The number of hydrogen-bond donors (Lipinski definition) is 1. The molecule has 1 aliphatic heterocycles. The normalized spacial score (nSPS) is 31.1. The monoisotopic (exact) mass is 172 g/mol. The minimum Gasteiger partial charge on any atom is -0.329 e. The first-order chi connectivity index (χ1) is 5.06. The smallest absolute Gasteiger partial charge is 0.122 e. The van der Waals surface area contributed by atoms with Gasteiger partial charge in [-0.2, -0.15) is 0 Å². The van der Waals surface area contributed by atoms with E-state index >= 15 is 0 Å². The first-order valence-corrected chi connectivity index (χ1v) is 7.67. The van der Waals surface area contributed by atoms with Crippen molar-refractivity contribution in [1.82, 2.24) is 4.57 Å². The van der Waals surface area contributed by atoms with Gasteiger partial charge in [0.1, 0.15) is 8.24 Å². The summed E-state index contributed by atoms with van der Waals surface area (Å²) in [5, 5.41) is 0. The minimum atomic E-state index is -1.00. The van der Waals surface area contributed by atoms with E-state index < -0.39 is 8.24 Å². The molecule has 1 aliphatic rings. The molecule has 0 amide bonds. The first kappa shape index (κ1) is 9.23. The first-order valence-electron chi connectivity index (χ1n) is 4.51. The van der Waals surface area contributed by atoms with Crippen molar-refractivity contribution in [2.24, 2.45) is 11.7 Å². The highest BCUT2D eigenvalue weighted by Gasteiger charge is 2.37. The molecule has 2 N–H and O–H groups in total. The topological polar surface area (TPSA) is 29.3 Å². The van der Waals surface area contributed by atoms with Crippen molar-refractivity contribution in [3.8, 4) is 0 Å². The molecule has 0 bridgehead atoms. The lowest BCUT2D eigenvalue weighted by Gasteiger charge is -2.28. The third-order valence-corrected chi connectivity index (χ3v) is 6.45. The van der Waals surface area contributed by atoms with Crippen LogP contribution in [0, 0.1) is 5.92 Å². The second-order valence-corrected chi connectivity index (χ2v) is 9.02. The molecule has 2 nitrogen and oxygen atoms in total. The summed E-state index contributed by atoms with van der Waals surface area (Å²) >= 11 is 0. The van der Waals surface area contributed by atoms with Gasteiger partial charge in [0.25, 0.3) is 0 Å². The molecule has 1 rings (SSSR count). The molecule has 1 fully saturated rings. The van der Waals surface area contributed by atoms with Crippen molar-refractivity contribution < 1.29 is 0 Å². The van der Waals surface area contributed by atoms with Crippen LogP contribution in [0.5, 0.6) is 0 Å². The zero-order valence-corrected chi connectivity index (χ0v) is 8.93. The van der Waals surface area contributed by atoms with E-state index in [9.17, 15) is 0 Å². The Morgan fingerprint density at radius 3 is 2.55 bits per heavy atom. The Balaban J connectivity index is 2.51. The van der Waals surface area contributed by atoms with E-state index in [-0.39, 0.29) is 0 Å². The van der Waals surface area contributed by atoms with Gasteiger partial charge in [0, 0.05) is 13.1 Å².